The Labute approximate surface area is 213 Å². The fraction of sp³-hybridized carbons (Fsp3) is 0.560. The van der Waals surface area contributed by atoms with E-state index in [9.17, 15) is 18.0 Å². The number of esters is 1. The number of fused-ring (bicyclic) bond motifs is 1. The van der Waals surface area contributed by atoms with Gasteiger partial charge in [-0.25, -0.2) is 17.5 Å². The Hall–Kier alpha value is -2.76. The van der Waals surface area contributed by atoms with E-state index in [4.69, 9.17) is 14.6 Å². The van der Waals surface area contributed by atoms with Crippen molar-refractivity contribution in [1.29, 1.82) is 0 Å². The van der Waals surface area contributed by atoms with Crippen molar-refractivity contribution in [3.63, 3.8) is 0 Å². The summed E-state index contributed by atoms with van der Waals surface area (Å²) in [5, 5.41) is 7.68. The van der Waals surface area contributed by atoms with Crippen molar-refractivity contribution in [3.8, 4) is 0 Å². The van der Waals surface area contributed by atoms with Crippen molar-refractivity contribution in [2.24, 2.45) is 0 Å². The first-order valence-corrected chi connectivity index (χ1v) is 13.8. The first-order valence-electron chi connectivity index (χ1n) is 12.4. The third kappa shape index (κ3) is 6.92. The summed E-state index contributed by atoms with van der Waals surface area (Å²) >= 11 is 0. The van der Waals surface area contributed by atoms with Crippen LogP contribution in [-0.2, 0) is 38.9 Å². The van der Waals surface area contributed by atoms with E-state index in [1.165, 1.54) is 38.4 Å². The monoisotopic (exact) mass is 520 g/mol. The number of hydrogen-bond acceptors (Lipinski definition) is 7. The highest BCUT2D eigenvalue weighted by atomic mass is 32.2. The molecule has 1 aliphatic heterocycles. The maximum absolute atomic E-state index is 12.8. The lowest BCUT2D eigenvalue weighted by Gasteiger charge is -2.11. The average molecular weight is 521 g/mol. The van der Waals surface area contributed by atoms with E-state index in [1.807, 2.05) is 6.92 Å². The highest BCUT2D eigenvalue weighted by Crippen LogP contribution is 2.20. The van der Waals surface area contributed by atoms with Gasteiger partial charge >= 0.3 is 5.97 Å². The van der Waals surface area contributed by atoms with Crippen molar-refractivity contribution in [2.75, 3.05) is 40.5 Å². The molecule has 0 fully saturated rings. The van der Waals surface area contributed by atoms with E-state index in [-0.39, 0.29) is 17.4 Å². The minimum Gasteiger partial charge on any atom is -0.462 e. The Morgan fingerprint density at radius 2 is 1.89 bits per heavy atom. The molecule has 11 heteroatoms. The molecule has 10 nitrogen and oxygen atoms in total. The molecule has 3 rings (SSSR count). The molecule has 1 N–H and O–H groups in total. The second-order valence-electron chi connectivity index (χ2n) is 8.82. The number of unbranched alkanes of at least 4 members (excludes halogenated alkanes) is 1. The number of aryl methyl sites for hydroxylation is 2. The van der Waals surface area contributed by atoms with Gasteiger partial charge in [0.15, 0.2) is 0 Å². The van der Waals surface area contributed by atoms with Crippen LogP contribution in [0.3, 0.4) is 0 Å². The fourth-order valence-corrected chi connectivity index (χ4v) is 4.93. The number of sulfonamides is 1. The second-order valence-corrected chi connectivity index (χ2v) is 11.0. The van der Waals surface area contributed by atoms with E-state index in [0.717, 1.165) is 41.2 Å². The lowest BCUT2D eigenvalue weighted by molar-refractivity contribution is 0.0498. The molecule has 198 valence electrons. The van der Waals surface area contributed by atoms with Gasteiger partial charge < -0.3 is 14.8 Å². The number of carbonyl (C=O) groups is 2. The zero-order chi connectivity index (χ0) is 26.1. The van der Waals surface area contributed by atoms with Gasteiger partial charge in [-0.3, -0.25) is 9.48 Å². The standard InChI is InChI=1S/C25H36N4O6S/c1-4-29-23-21(9-7-16-34-17-8-15-26-24(23)30)22(27-29)10-5-6-18-35-25(31)19-11-13-20(14-12-19)36(32,33)28(2)3/h11-14H,4-10,15-18H2,1-3H3,(H,26,30). The van der Waals surface area contributed by atoms with E-state index in [2.05, 4.69) is 5.32 Å². The normalized spacial score (nSPS) is 15.2. The molecule has 0 radical (unpaired) electrons. The van der Waals surface area contributed by atoms with Gasteiger partial charge in [0.2, 0.25) is 10.0 Å². The van der Waals surface area contributed by atoms with Gasteiger partial charge in [0.1, 0.15) is 5.69 Å². The maximum Gasteiger partial charge on any atom is 0.338 e. The molecule has 0 spiro atoms. The number of rotatable bonds is 9. The highest BCUT2D eigenvalue weighted by Gasteiger charge is 2.23. The van der Waals surface area contributed by atoms with Gasteiger partial charge in [-0.05, 0) is 69.7 Å². The van der Waals surface area contributed by atoms with E-state index < -0.39 is 16.0 Å². The van der Waals surface area contributed by atoms with Crippen LogP contribution in [0.5, 0.6) is 0 Å². The predicted octanol–water partition coefficient (Wildman–Crippen LogP) is 2.42. The van der Waals surface area contributed by atoms with Crippen LogP contribution in [-0.4, -0.2) is 74.8 Å². The lowest BCUT2D eigenvalue weighted by Crippen LogP contribution is -2.28. The van der Waals surface area contributed by atoms with Crippen molar-refractivity contribution >= 4 is 21.9 Å². The molecule has 1 aromatic carbocycles. The summed E-state index contributed by atoms with van der Waals surface area (Å²) in [7, 11) is -0.640. The van der Waals surface area contributed by atoms with E-state index in [0.29, 0.717) is 50.4 Å². The lowest BCUT2D eigenvalue weighted by atomic mass is 10.0. The molecule has 2 aromatic rings. The average Bonchev–Trinajstić information content (AvgIpc) is 3.20. The number of amides is 1. The number of nitrogens with zero attached hydrogens (tertiary/aromatic N) is 3. The first kappa shape index (κ1) is 27.8. The SMILES string of the molecule is CCn1nc(CCCCOC(=O)c2ccc(S(=O)(=O)N(C)C)cc2)c2c1C(=O)NCCCOCCC2. The van der Waals surface area contributed by atoms with E-state index >= 15 is 0 Å². The Balaban J connectivity index is 1.55. The fourth-order valence-electron chi connectivity index (χ4n) is 4.02. The van der Waals surface area contributed by atoms with Crippen molar-refractivity contribution < 1.29 is 27.5 Å². The Kier molecular flexibility index (Phi) is 10.0. The predicted molar refractivity (Wildman–Crippen MR) is 135 cm³/mol. The second kappa shape index (κ2) is 13.0. The summed E-state index contributed by atoms with van der Waals surface area (Å²) in [5.41, 5.74) is 2.82. The molecule has 0 atom stereocenters. The largest absolute Gasteiger partial charge is 0.462 e. The molecule has 1 aromatic heterocycles. The van der Waals surface area contributed by atoms with Gasteiger partial charge in [-0.1, -0.05) is 0 Å². The van der Waals surface area contributed by atoms with Gasteiger partial charge in [-0.15, -0.1) is 0 Å². The van der Waals surface area contributed by atoms with Gasteiger partial charge in [0.05, 0.1) is 22.8 Å². The number of benzene rings is 1. The molecule has 36 heavy (non-hydrogen) atoms. The molecule has 0 unspecified atom stereocenters. The first-order chi connectivity index (χ1) is 17.3. The molecule has 0 aliphatic carbocycles. The summed E-state index contributed by atoms with van der Waals surface area (Å²) in [6, 6.07) is 5.71. The smallest absolute Gasteiger partial charge is 0.338 e. The quantitative estimate of drug-likeness (QED) is 0.398. The van der Waals surface area contributed by atoms with E-state index in [1.54, 1.807) is 4.68 Å². The van der Waals surface area contributed by atoms with Crippen LogP contribution in [0.25, 0.3) is 0 Å². The summed E-state index contributed by atoms with van der Waals surface area (Å²) in [5.74, 6) is -0.588. The highest BCUT2D eigenvalue weighted by molar-refractivity contribution is 7.89. The zero-order valence-electron chi connectivity index (χ0n) is 21.3. The molecule has 0 bridgehead atoms. The number of carbonyl (C=O) groups excluding carboxylic acids is 2. The molecule has 0 saturated heterocycles. The molecular weight excluding hydrogens is 484 g/mol. The third-order valence-corrected chi connectivity index (χ3v) is 7.85. The van der Waals surface area contributed by atoms with Crippen LogP contribution in [0.15, 0.2) is 29.2 Å². The summed E-state index contributed by atoms with van der Waals surface area (Å²) in [4.78, 5) is 25.3. The number of nitrogens with one attached hydrogen (secondary N) is 1. The van der Waals surface area contributed by atoms with Crippen molar-refractivity contribution in [3.05, 3.63) is 46.8 Å². The summed E-state index contributed by atoms with van der Waals surface area (Å²) < 4.78 is 38.2. The number of hydrogen-bond donors (Lipinski definition) is 1. The Morgan fingerprint density at radius 1 is 1.17 bits per heavy atom. The molecule has 0 saturated carbocycles. The van der Waals surface area contributed by atoms with Crippen LogP contribution in [0.4, 0.5) is 0 Å². The third-order valence-electron chi connectivity index (χ3n) is 6.02. The maximum atomic E-state index is 12.8. The zero-order valence-corrected chi connectivity index (χ0v) is 22.1. The van der Waals surface area contributed by atoms with Crippen LogP contribution in [0.2, 0.25) is 0 Å². The molecule has 1 aliphatic rings. The van der Waals surface area contributed by atoms with Crippen LogP contribution < -0.4 is 5.32 Å². The number of aromatic nitrogens is 2. The Morgan fingerprint density at radius 3 is 2.58 bits per heavy atom. The van der Waals surface area contributed by atoms with Gasteiger partial charge in [-0.2, -0.15) is 5.10 Å². The minimum absolute atomic E-state index is 0.0918. The number of ether oxygens (including phenoxy) is 2. The Bertz CT molecular complexity index is 1140. The van der Waals surface area contributed by atoms with Crippen LogP contribution in [0.1, 0.15) is 64.7 Å². The molecule has 2 heterocycles. The topological polar surface area (TPSA) is 120 Å². The van der Waals surface area contributed by atoms with Crippen LogP contribution in [0, 0.1) is 0 Å². The molecule has 1 amide bonds. The van der Waals surface area contributed by atoms with Crippen molar-refractivity contribution in [2.45, 2.75) is 56.9 Å². The molecular formula is C25H36N4O6S. The minimum atomic E-state index is -3.55. The summed E-state index contributed by atoms with van der Waals surface area (Å²) in [6.07, 6.45) is 4.41. The van der Waals surface area contributed by atoms with Crippen molar-refractivity contribution in [1.82, 2.24) is 19.4 Å². The van der Waals surface area contributed by atoms with Crippen LogP contribution >= 0.6 is 0 Å². The van der Waals surface area contributed by atoms with Gasteiger partial charge in [0, 0.05) is 46.0 Å². The summed E-state index contributed by atoms with van der Waals surface area (Å²) in [6.45, 7) is 4.69. The van der Waals surface area contributed by atoms with Gasteiger partial charge in [0.25, 0.3) is 5.91 Å².